The van der Waals surface area contributed by atoms with Gasteiger partial charge in [-0.05, 0) is 49.3 Å². The van der Waals surface area contributed by atoms with Crippen molar-refractivity contribution in [1.82, 2.24) is 0 Å². The zero-order chi connectivity index (χ0) is 22.6. The molecule has 2 unspecified atom stereocenters. The van der Waals surface area contributed by atoms with E-state index < -0.39 is 16.5 Å². The lowest BCUT2D eigenvalue weighted by Crippen LogP contribution is -2.08. The minimum Gasteiger partial charge on any atom is -0.455 e. The van der Waals surface area contributed by atoms with Crippen LogP contribution < -0.4 is 9.95 Å². The minimum absolute atomic E-state index is 0.153. The Balaban J connectivity index is 2.28. The van der Waals surface area contributed by atoms with Crippen LogP contribution in [0.4, 0.5) is 0 Å². The fraction of sp³-hybridized carbons (Fsp3) is 0.409. The molecule has 1 aromatic heterocycles. The fourth-order valence-corrected chi connectivity index (χ4v) is 8.87. The molecule has 0 fully saturated rings. The van der Waals surface area contributed by atoms with Gasteiger partial charge in [-0.3, -0.25) is 9.00 Å². The third kappa shape index (κ3) is 5.25. The second-order valence-electron chi connectivity index (χ2n) is 6.80. The maximum atomic E-state index is 13.5. The predicted octanol–water partition coefficient (Wildman–Crippen LogP) is 6.42. The summed E-state index contributed by atoms with van der Waals surface area (Å²) in [6.07, 6.45) is 1.65. The van der Waals surface area contributed by atoms with Gasteiger partial charge in [-0.25, -0.2) is 0 Å². The summed E-state index contributed by atoms with van der Waals surface area (Å²) in [7, 11) is -1.35. The van der Waals surface area contributed by atoms with Crippen molar-refractivity contribution in [2.75, 3.05) is 18.1 Å². The zero-order valence-corrected chi connectivity index (χ0v) is 21.5. The second-order valence-corrected chi connectivity index (χ2v) is 14.9. The van der Waals surface area contributed by atoms with Crippen LogP contribution in [0.1, 0.15) is 39.7 Å². The highest BCUT2D eigenvalue weighted by atomic mass is 32.9. The molecule has 9 heteroatoms. The summed E-state index contributed by atoms with van der Waals surface area (Å²) in [6, 6.07) is 8.89. The van der Waals surface area contributed by atoms with E-state index in [2.05, 4.69) is 6.92 Å². The molecule has 168 valence electrons. The number of benzene rings is 2. The highest BCUT2D eigenvalue weighted by Gasteiger charge is 2.24. The van der Waals surface area contributed by atoms with E-state index in [1.807, 2.05) is 32.9 Å². The van der Waals surface area contributed by atoms with Crippen LogP contribution >= 0.6 is 17.1 Å². The molecule has 3 rings (SSSR count). The Morgan fingerprint density at radius 2 is 1.97 bits per heavy atom. The van der Waals surface area contributed by atoms with Gasteiger partial charge in [0, 0.05) is 17.6 Å². The maximum Gasteiger partial charge on any atom is 0.297 e. The lowest BCUT2D eigenvalue weighted by molar-refractivity contribution is 0.344. The normalized spacial score (nSPS) is 14.6. The van der Waals surface area contributed by atoms with Crippen molar-refractivity contribution < 1.29 is 17.7 Å². The molecular formula is C22H27O5PS3. The molecule has 0 spiro atoms. The van der Waals surface area contributed by atoms with E-state index in [0.29, 0.717) is 51.4 Å². The molecule has 2 atom stereocenters. The SMILES string of the molecule is CCCSP(=S)(OCC)Oc1cc(S(=O)CC)c2oc3cccc(CC)c3c(=O)c2c1. The van der Waals surface area contributed by atoms with Crippen molar-refractivity contribution in [2.24, 2.45) is 0 Å². The molecule has 0 saturated heterocycles. The molecule has 0 aliphatic rings. The van der Waals surface area contributed by atoms with Crippen LogP contribution in [0.25, 0.3) is 21.9 Å². The summed E-state index contributed by atoms with van der Waals surface area (Å²) >= 11 is 7.20. The molecule has 0 amide bonds. The van der Waals surface area contributed by atoms with Crippen molar-refractivity contribution >= 4 is 61.6 Å². The van der Waals surface area contributed by atoms with E-state index in [0.717, 1.165) is 17.7 Å². The lowest BCUT2D eigenvalue weighted by Gasteiger charge is -2.22. The second kappa shape index (κ2) is 10.6. The number of fused-ring (bicyclic) bond motifs is 2. The summed E-state index contributed by atoms with van der Waals surface area (Å²) in [5.41, 5.74) is -1.06. The molecule has 0 aliphatic carbocycles. The van der Waals surface area contributed by atoms with Crippen LogP contribution in [-0.2, 0) is 33.6 Å². The predicted molar refractivity (Wildman–Crippen MR) is 136 cm³/mol. The number of rotatable bonds is 10. The Kier molecular flexibility index (Phi) is 8.38. The Hall–Kier alpha value is -1.18. The fourth-order valence-electron chi connectivity index (χ4n) is 3.27. The first kappa shape index (κ1) is 24.5. The van der Waals surface area contributed by atoms with E-state index in [9.17, 15) is 9.00 Å². The zero-order valence-electron chi connectivity index (χ0n) is 18.1. The van der Waals surface area contributed by atoms with Crippen LogP contribution in [0.3, 0.4) is 0 Å². The van der Waals surface area contributed by atoms with E-state index in [-0.39, 0.29) is 5.43 Å². The van der Waals surface area contributed by atoms with Crippen LogP contribution in [-0.4, -0.2) is 22.3 Å². The molecule has 2 aromatic carbocycles. The van der Waals surface area contributed by atoms with Crippen molar-refractivity contribution in [1.29, 1.82) is 0 Å². The van der Waals surface area contributed by atoms with Gasteiger partial charge in [0.05, 0.1) is 33.1 Å². The summed E-state index contributed by atoms with van der Waals surface area (Å²) < 4.78 is 30.9. The van der Waals surface area contributed by atoms with Gasteiger partial charge in [0.25, 0.3) is 5.69 Å². The quantitative estimate of drug-likeness (QED) is 0.236. The highest BCUT2D eigenvalue weighted by Crippen LogP contribution is 2.60. The van der Waals surface area contributed by atoms with Gasteiger partial charge in [-0.2, -0.15) is 0 Å². The maximum absolute atomic E-state index is 13.5. The lowest BCUT2D eigenvalue weighted by atomic mass is 10.0. The Bertz CT molecular complexity index is 1220. The third-order valence-electron chi connectivity index (χ3n) is 4.67. The van der Waals surface area contributed by atoms with Gasteiger partial charge in [0.15, 0.2) is 5.58 Å². The van der Waals surface area contributed by atoms with Crippen LogP contribution in [0.2, 0.25) is 0 Å². The molecule has 3 aromatic rings. The van der Waals surface area contributed by atoms with E-state index in [1.165, 1.54) is 11.4 Å². The molecule has 1 heterocycles. The van der Waals surface area contributed by atoms with Crippen LogP contribution in [0.15, 0.2) is 44.4 Å². The van der Waals surface area contributed by atoms with Gasteiger partial charge in [-0.15, -0.1) is 0 Å². The van der Waals surface area contributed by atoms with Gasteiger partial charge in [-0.1, -0.05) is 44.3 Å². The van der Waals surface area contributed by atoms with Crippen LogP contribution in [0, 0.1) is 0 Å². The topological polar surface area (TPSA) is 65.7 Å². The summed E-state index contributed by atoms with van der Waals surface area (Å²) in [4.78, 5) is 13.9. The van der Waals surface area contributed by atoms with E-state index in [4.69, 9.17) is 25.3 Å². The first-order chi connectivity index (χ1) is 14.9. The molecule has 31 heavy (non-hydrogen) atoms. The van der Waals surface area contributed by atoms with E-state index >= 15 is 0 Å². The van der Waals surface area contributed by atoms with Gasteiger partial charge >= 0.3 is 0 Å². The van der Waals surface area contributed by atoms with Gasteiger partial charge in [0.1, 0.15) is 11.3 Å². The smallest absolute Gasteiger partial charge is 0.297 e. The van der Waals surface area contributed by atoms with Gasteiger partial charge < -0.3 is 13.5 Å². The third-order valence-corrected chi connectivity index (χ3v) is 11.4. The minimum atomic E-state index is -2.65. The standard InChI is InChI=1S/C22H27O5PS3/c1-5-12-30-28(29,25-7-3)27-16-13-17-21(23)20-15(6-2)10-9-11-18(20)26-22(17)19(14-16)31(24)8-4/h9-11,13-14H,5-8,12H2,1-4H3. The van der Waals surface area contributed by atoms with Crippen molar-refractivity contribution in [2.45, 2.75) is 45.4 Å². The monoisotopic (exact) mass is 498 g/mol. The first-order valence-corrected chi connectivity index (χ1v) is 15.9. The molecule has 0 radical (unpaired) electrons. The molecule has 5 nitrogen and oxygen atoms in total. The van der Waals surface area contributed by atoms with Crippen LogP contribution in [0.5, 0.6) is 5.75 Å². The Morgan fingerprint density at radius 1 is 1.19 bits per heavy atom. The first-order valence-electron chi connectivity index (χ1n) is 10.4. The highest BCUT2D eigenvalue weighted by molar-refractivity contribution is 8.68. The molecule has 0 bridgehead atoms. The Morgan fingerprint density at radius 3 is 2.61 bits per heavy atom. The van der Waals surface area contributed by atoms with Crippen molar-refractivity contribution in [3.05, 3.63) is 46.1 Å². The molecule has 0 aliphatic heterocycles. The number of hydrogen-bond acceptors (Lipinski definition) is 7. The number of aryl methyl sites for hydroxylation is 1. The summed E-state index contributed by atoms with van der Waals surface area (Å²) in [6.45, 7) is 8.20. The average molecular weight is 499 g/mol. The summed E-state index contributed by atoms with van der Waals surface area (Å²) in [5.74, 6) is 1.59. The molecule has 0 N–H and O–H groups in total. The summed E-state index contributed by atoms with van der Waals surface area (Å²) in [5, 5.41) is 0.897. The average Bonchev–Trinajstić information content (AvgIpc) is 2.77. The Labute approximate surface area is 194 Å². The largest absolute Gasteiger partial charge is 0.455 e. The number of hydrogen-bond donors (Lipinski definition) is 0. The molecular weight excluding hydrogens is 471 g/mol. The molecule has 0 saturated carbocycles. The van der Waals surface area contributed by atoms with Gasteiger partial charge in [0.2, 0.25) is 5.43 Å². The van der Waals surface area contributed by atoms with E-state index in [1.54, 1.807) is 18.2 Å². The van der Waals surface area contributed by atoms with Crippen molar-refractivity contribution in [3.63, 3.8) is 0 Å². The van der Waals surface area contributed by atoms with Crippen molar-refractivity contribution in [3.8, 4) is 5.75 Å².